The van der Waals surface area contributed by atoms with Crippen LogP contribution in [0.25, 0.3) is 6.08 Å². The number of carbonyl (C=O) groups is 2. The standard InChI is InChI=1S/C14H12N2O3S/c1-9-6-11(4-5-15-9)16-14(19)10-7-12(20-8-10)2-3-13(17)18/h2-8H,1H3,(H,17,18)(H,15,16,19). The summed E-state index contributed by atoms with van der Waals surface area (Å²) in [5, 5.41) is 13.0. The Morgan fingerprint density at radius 1 is 1.40 bits per heavy atom. The highest BCUT2D eigenvalue weighted by atomic mass is 32.1. The van der Waals surface area contributed by atoms with Crippen LogP contribution in [-0.4, -0.2) is 22.0 Å². The van der Waals surface area contributed by atoms with Crippen molar-refractivity contribution in [2.24, 2.45) is 0 Å². The maximum Gasteiger partial charge on any atom is 0.328 e. The number of carboxylic acids is 1. The molecule has 0 aliphatic carbocycles. The fourth-order valence-electron chi connectivity index (χ4n) is 1.54. The molecule has 0 aliphatic rings. The highest BCUT2D eigenvalue weighted by Crippen LogP contribution is 2.18. The number of nitrogens with zero attached hydrogens (tertiary/aromatic N) is 1. The topological polar surface area (TPSA) is 79.3 Å². The molecule has 0 atom stereocenters. The Labute approximate surface area is 119 Å². The van der Waals surface area contributed by atoms with Crippen LogP contribution in [0.1, 0.15) is 20.9 Å². The lowest BCUT2D eigenvalue weighted by molar-refractivity contribution is -0.131. The number of nitrogens with one attached hydrogen (secondary N) is 1. The molecule has 1 amide bonds. The van der Waals surface area contributed by atoms with Crippen LogP contribution >= 0.6 is 11.3 Å². The van der Waals surface area contributed by atoms with Gasteiger partial charge in [0.25, 0.3) is 5.91 Å². The van der Waals surface area contributed by atoms with Gasteiger partial charge >= 0.3 is 5.97 Å². The molecule has 0 radical (unpaired) electrons. The van der Waals surface area contributed by atoms with Gasteiger partial charge in [0.05, 0.1) is 5.56 Å². The second-order valence-corrected chi connectivity index (χ2v) is 4.99. The molecule has 2 rings (SSSR count). The molecule has 0 saturated heterocycles. The molecule has 6 heteroatoms. The number of rotatable bonds is 4. The Kier molecular flexibility index (Phi) is 4.27. The molecule has 0 spiro atoms. The normalized spacial score (nSPS) is 10.7. The highest BCUT2D eigenvalue weighted by Gasteiger charge is 2.08. The molecular formula is C14H12N2O3S. The van der Waals surface area contributed by atoms with Crippen molar-refractivity contribution in [3.05, 3.63) is 52.0 Å². The van der Waals surface area contributed by atoms with E-state index in [-0.39, 0.29) is 5.91 Å². The summed E-state index contributed by atoms with van der Waals surface area (Å²) in [6.45, 7) is 1.84. The summed E-state index contributed by atoms with van der Waals surface area (Å²) in [4.78, 5) is 27.2. The Morgan fingerprint density at radius 3 is 2.90 bits per heavy atom. The van der Waals surface area contributed by atoms with Gasteiger partial charge in [-0.3, -0.25) is 9.78 Å². The predicted molar refractivity (Wildman–Crippen MR) is 77.9 cm³/mol. The summed E-state index contributed by atoms with van der Waals surface area (Å²) in [6, 6.07) is 5.13. The minimum Gasteiger partial charge on any atom is -0.478 e. The van der Waals surface area contributed by atoms with Crippen molar-refractivity contribution in [1.29, 1.82) is 0 Å². The lowest BCUT2D eigenvalue weighted by Gasteiger charge is -2.03. The fourth-order valence-corrected chi connectivity index (χ4v) is 2.32. The summed E-state index contributed by atoms with van der Waals surface area (Å²) in [6.07, 6.45) is 4.12. The van der Waals surface area contributed by atoms with E-state index in [9.17, 15) is 9.59 Å². The van der Waals surface area contributed by atoms with Crippen molar-refractivity contribution in [2.75, 3.05) is 5.32 Å². The smallest absolute Gasteiger partial charge is 0.328 e. The van der Waals surface area contributed by atoms with Gasteiger partial charge in [0.2, 0.25) is 0 Å². The van der Waals surface area contributed by atoms with Crippen LogP contribution in [-0.2, 0) is 4.79 Å². The number of aromatic nitrogens is 1. The predicted octanol–water partition coefficient (Wildman–Crippen LogP) is 2.80. The van der Waals surface area contributed by atoms with Crippen LogP contribution in [0.15, 0.2) is 35.9 Å². The average molecular weight is 288 g/mol. The summed E-state index contributed by atoms with van der Waals surface area (Å²) in [7, 11) is 0. The minimum absolute atomic E-state index is 0.234. The van der Waals surface area contributed by atoms with E-state index in [4.69, 9.17) is 5.11 Å². The number of hydrogen-bond donors (Lipinski definition) is 2. The van der Waals surface area contributed by atoms with E-state index in [1.54, 1.807) is 29.8 Å². The zero-order valence-corrected chi connectivity index (χ0v) is 11.5. The third kappa shape index (κ3) is 3.76. The summed E-state index contributed by atoms with van der Waals surface area (Å²) in [5.74, 6) is -1.25. The van der Waals surface area contributed by atoms with Gasteiger partial charge in [0, 0.05) is 33.9 Å². The first-order valence-corrected chi connectivity index (χ1v) is 6.66. The number of amides is 1. The Hall–Kier alpha value is -2.47. The van der Waals surface area contributed by atoms with Crippen molar-refractivity contribution in [2.45, 2.75) is 6.92 Å². The largest absolute Gasteiger partial charge is 0.478 e. The average Bonchev–Trinajstić information content (AvgIpc) is 2.85. The van der Waals surface area contributed by atoms with Crippen molar-refractivity contribution < 1.29 is 14.7 Å². The number of anilines is 1. The van der Waals surface area contributed by atoms with Crippen LogP contribution in [0.4, 0.5) is 5.69 Å². The van der Waals surface area contributed by atoms with Crippen molar-refractivity contribution >= 4 is 35.0 Å². The molecule has 0 saturated carbocycles. The first-order valence-electron chi connectivity index (χ1n) is 5.78. The SMILES string of the molecule is Cc1cc(NC(=O)c2csc(C=CC(=O)O)c2)ccn1. The molecular weight excluding hydrogens is 276 g/mol. The summed E-state index contributed by atoms with van der Waals surface area (Å²) < 4.78 is 0. The molecule has 20 heavy (non-hydrogen) atoms. The summed E-state index contributed by atoms with van der Waals surface area (Å²) >= 11 is 1.31. The van der Waals surface area contributed by atoms with E-state index in [0.29, 0.717) is 16.1 Å². The lowest BCUT2D eigenvalue weighted by Crippen LogP contribution is -2.10. The minimum atomic E-state index is -1.02. The fraction of sp³-hybridized carbons (Fsp3) is 0.0714. The molecule has 5 nitrogen and oxygen atoms in total. The zero-order valence-electron chi connectivity index (χ0n) is 10.7. The summed E-state index contributed by atoms with van der Waals surface area (Å²) in [5.41, 5.74) is 1.99. The second-order valence-electron chi connectivity index (χ2n) is 4.05. The Morgan fingerprint density at radius 2 is 2.20 bits per heavy atom. The third-order valence-corrected chi connectivity index (χ3v) is 3.32. The van der Waals surface area contributed by atoms with Crippen LogP contribution in [0.3, 0.4) is 0 Å². The van der Waals surface area contributed by atoms with Gasteiger partial charge < -0.3 is 10.4 Å². The third-order valence-electron chi connectivity index (χ3n) is 2.43. The first-order chi connectivity index (χ1) is 9.54. The van der Waals surface area contributed by atoms with E-state index >= 15 is 0 Å². The first kappa shape index (κ1) is 14.0. The molecule has 0 unspecified atom stereocenters. The maximum atomic E-state index is 12.0. The number of carbonyl (C=O) groups excluding carboxylic acids is 1. The molecule has 0 aromatic carbocycles. The van der Waals surface area contributed by atoms with Crippen LogP contribution < -0.4 is 5.32 Å². The van der Waals surface area contributed by atoms with Crippen molar-refractivity contribution in [3.63, 3.8) is 0 Å². The molecule has 0 fully saturated rings. The van der Waals surface area contributed by atoms with Crippen LogP contribution in [0.2, 0.25) is 0 Å². The molecule has 2 heterocycles. The lowest BCUT2D eigenvalue weighted by atomic mass is 10.2. The number of hydrogen-bond acceptors (Lipinski definition) is 4. The number of pyridine rings is 1. The van der Waals surface area contributed by atoms with E-state index in [1.165, 1.54) is 17.4 Å². The number of aliphatic carboxylic acids is 1. The Bertz CT molecular complexity index is 677. The molecule has 2 aromatic heterocycles. The highest BCUT2D eigenvalue weighted by molar-refractivity contribution is 7.11. The monoisotopic (exact) mass is 288 g/mol. The maximum absolute atomic E-state index is 12.0. The van der Waals surface area contributed by atoms with Gasteiger partial charge in [-0.05, 0) is 31.2 Å². The van der Waals surface area contributed by atoms with E-state index in [2.05, 4.69) is 10.3 Å². The van der Waals surface area contributed by atoms with Crippen molar-refractivity contribution in [3.8, 4) is 0 Å². The second kappa shape index (κ2) is 6.12. The van der Waals surface area contributed by atoms with Gasteiger partial charge in [-0.15, -0.1) is 11.3 Å². The molecule has 2 aromatic rings. The molecule has 102 valence electrons. The van der Waals surface area contributed by atoms with E-state index in [1.807, 2.05) is 6.92 Å². The molecule has 2 N–H and O–H groups in total. The Balaban J connectivity index is 2.08. The van der Waals surface area contributed by atoms with Gasteiger partial charge in [-0.25, -0.2) is 4.79 Å². The van der Waals surface area contributed by atoms with Crippen molar-refractivity contribution in [1.82, 2.24) is 4.98 Å². The van der Waals surface area contributed by atoms with Gasteiger partial charge in [-0.2, -0.15) is 0 Å². The number of aryl methyl sites for hydroxylation is 1. The quantitative estimate of drug-likeness (QED) is 0.848. The zero-order chi connectivity index (χ0) is 14.5. The van der Waals surface area contributed by atoms with E-state index < -0.39 is 5.97 Å². The number of thiophene rings is 1. The van der Waals surface area contributed by atoms with Crippen LogP contribution in [0.5, 0.6) is 0 Å². The van der Waals surface area contributed by atoms with E-state index in [0.717, 1.165) is 11.8 Å². The van der Waals surface area contributed by atoms with Gasteiger partial charge in [0.15, 0.2) is 0 Å². The number of carboxylic acid groups (broad SMARTS) is 1. The van der Waals surface area contributed by atoms with Crippen LogP contribution in [0, 0.1) is 6.92 Å². The molecule has 0 aliphatic heterocycles. The van der Waals surface area contributed by atoms with Gasteiger partial charge in [0.1, 0.15) is 0 Å². The molecule has 0 bridgehead atoms. The van der Waals surface area contributed by atoms with Gasteiger partial charge in [-0.1, -0.05) is 0 Å².